The first kappa shape index (κ1) is 15.7. The lowest BCUT2D eigenvalue weighted by Crippen LogP contribution is -2.07. The van der Waals surface area contributed by atoms with E-state index in [4.69, 9.17) is 18.9 Å². The molecule has 98 valence electrons. The lowest BCUT2D eigenvalue weighted by atomic mass is 10.4. The van der Waals surface area contributed by atoms with Gasteiger partial charge in [-0.25, -0.2) is 4.79 Å². The predicted octanol–water partition coefficient (Wildman–Crippen LogP) is 1.65. The first-order chi connectivity index (χ1) is 8.31. The molecule has 0 heterocycles. The Labute approximate surface area is 102 Å². The molecular weight excluding hydrogens is 224 g/mol. The molecule has 0 radical (unpaired) electrons. The Morgan fingerprint density at radius 1 is 1.00 bits per heavy atom. The number of hydrogen-bond acceptors (Lipinski definition) is 5. The van der Waals surface area contributed by atoms with Gasteiger partial charge >= 0.3 is 5.97 Å². The number of esters is 1. The van der Waals surface area contributed by atoms with Crippen LogP contribution in [0.1, 0.15) is 12.8 Å². The summed E-state index contributed by atoms with van der Waals surface area (Å²) in [5.74, 6) is -0.402. The summed E-state index contributed by atoms with van der Waals surface area (Å²) in [6, 6.07) is 0. The highest BCUT2D eigenvalue weighted by atomic mass is 16.7. The highest BCUT2D eigenvalue weighted by Gasteiger charge is 1.95. The van der Waals surface area contributed by atoms with Crippen LogP contribution in [0.5, 0.6) is 0 Å². The topological polar surface area (TPSA) is 54.0 Å². The van der Waals surface area contributed by atoms with Crippen molar-refractivity contribution in [3.05, 3.63) is 25.5 Å². The molecule has 0 fully saturated rings. The largest absolute Gasteiger partial charge is 0.476 e. The van der Waals surface area contributed by atoms with E-state index in [9.17, 15) is 4.79 Å². The number of rotatable bonds is 12. The molecule has 0 aliphatic rings. The van der Waals surface area contributed by atoms with Crippen molar-refractivity contribution in [3.63, 3.8) is 0 Å². The molecule has 5 heteroatoms. The van der Waals surface area contributed by atoms with Crippen LogP contribution in [0.2, 0.25) is 0 Å². The Morgan fingerprint density at radius 2 is 1.65 bits per heavy atom. The van der Waals surface area contributed by atoms with Gasteiger partial charge in [0.05, 0.1) is 19.5 Å². The standard InChI is InChI=1S/C12H20O5/c1-3-12(13)17-10-6-8-15-7-5-9-16-11-14-4-2/h3-4H,1-2,5-11H2. The Morgan fingerprint density at radius 3 is 2.29 bits per heavy atom. The number of carbonyl (C=O) groups excluding carboxylic acids is 1. The molecule has 0 rings (SSSR count). The minimum Gasteiger partial charge on any atom is -0.476 e. The average Bonchev–Trinajstić information content (AvgIpc) is 2.35. The molecule has 17 heavy (non-hydrogen) atoms. The molecule has 0 aliphatic carbocycles. The van der Waals surface area contributed by atoms with E-state index in [0.717, 1.165) is 12.5 Å². The summed E-state index contributed by atoms with van der Waals surface area (Å²) in [5.41, 5.74) is 0. The summed E-state index contributed by atoms with van der Waals surface area (Å²) in [4.78, 5) is 10.7. The van der Waals surface area contributed by atoms with Gasteiger partial charge in [0.25, 0.3) is 0 Å². The van der Waals surface area contributed by atoms with Crippen LogP contribution in [0, 0.1) is 0 Å². The fourth-order valence-electron chi connectivity index (χ4n) is 0.913. The fraction of sp³-hybridized carbons (Fsp3) is 0.583. The second kappa shape index (κ2) is 12.7. The van der Waals surface area contributed by atoms with E-state index in [1.807, 2.05) is 0 Å². The Kier molecular flexibility index (Phi) is 11.7. The fourth-order valence-corrected chi connectivity index (χ4v) is 0.913. The van der Waals surface area contributed by atoms with Crippen molar-refractivity contribution in [1.29, 1.82) is 0 Å². The molecule has 0 N–H and O–H groups in total. The number of hydrogen-bond donors (Lipinski definition) is 0. The number of carbonyl (C=O) groups is 1. The Bertz CT molecular complexity index is 215. The van der Waals surface area contributed by atoms with Gasteiger partial charge in [0.15, 0.2) is 6.79 Å². The molecule has 0 spiro atoms. The van der Waals surface area contributed by atoms with Gasteiger partial charge in [-0.05, 0) is 6.42 Å². The number of ether oxygens (including phenoxy) is 4. The molecule has 0 aliphatic heterocycles. The van der Waals surface area contributed by atoms with Crippen molar-refractivity contribution in [2.75, 3.05) is 33.2 Å². The van der Waals surface area contributed by atoms with Crippen LogP contribution in [-0.2, 0) is 23.7 Å². The third-order valence-electron chi connectivity index (χ3n) is 1.69. The first-order valence-electron chi connectivity index (χ1n) is 5.48. The predicted molar refractivity (Wildman–Crippen MR) is 63.3 cm³/mol. The molecule has 5 nitrogen and oxygen atoms in total. The quantitative estimate of drug-likeness (QED) is 0.172. The molecule has 0 aromatic heterocycles. The minimum atomic E-state index is -0.402. The minimum absolute atomic E-state index is 0.223. The average molecular weight is 244 g/mol. The molecule has 0 bridgehead atoms. The summed E-state index contributed by atoms with van der Waals surface area (Å²) in [7, 11) is 0. The molecule has 0 atom stereocenters. The van der Waals surface area contributed by atoms with Gasteiger partial charge in [-0.1, -0.05) is 13.2 Å². The Balaban J connectivity index is 3.01. The van der Waals surface area contributed by atoms with E-state index < -0.39 is 5.97 Å². The molecule has 0 aromatic carbocycles. The van der Waals surface area contributed by atoms with E-state index in [0.29, 0.717) is 32.8 Å². The lowest BCUT2D eigenvalue weighted by Gasteiger charge is -2.05. The summed E-state index contributed by atoms with van der Waals surface area (Å²) in [6.07, 6.45) is 3.96. The van der Waals surface area contributed by atoms with Crippen LogP contribution >= 0.6 is 0 Å². The second-order valence-electron chi connectivity index (χ2n) is 3.05. The van der Waals surface area contributed by atoms with Gasteiger partial charge in [-0.3, -0.25) is 0 Å². The van der Waals surface area contributed by atoms with Crippen LogP contribution < -0.4 is 0 Å². The van der Waals surface area contributed by atoms with Crippen LogP contribution in [-0.4, -0.2) is 39.2 Å². The van der Waals surface area contributed by atoms with Crippen molar-refractivity contribution < 1.29 is 23.7 Å². The summed E-state index contributed by atoms with van der Waals surface area (Å²) in [6.45, 7) is 9.02. The van der Waals surface area contributed by atoms with E-state index in [1.54, 1.807) is 0 Å². The molecule has 0 saturated heterocycles. The van der Waals surface area contributed by atoms with Crippen molar-refractivity contribution in [2.24, 2.45) is 0 Å². The highest BCUT2D eigenvalue weighted by molar-refractivity contribution is 5.81. The molecule has 0 amide bonds. The maximum absolute atomic E-state index is 10.7. The third kappa shape index (κ3) is 12.6. The zero-order chi connectivity index (χ0) is 12.8. The van der Waals surface area contributed by atoms with Crippen molar-refractivity contribution in [3.8, 4) is 0 Å². The van der Waals surface area contributed by atoms with E-state index >= 15 is 0 Å². The summed E-state index contributed by atoms with van der Waals surface area (Å²) < 4.78 is 19.9. The maximum atomic E-state index is 10.7. The van der Waals surface area contributed by atoms with Gasteiger partial charge in [0.2, 0.25) is 0 Å². The third-order valence-corrected chi connectivity index (χ3v) is 1.69. The lowest BCUT2D eigenvalue weighted by molar-refractivity contribution is -0.138. The zero-order valence-electron chi connectivity index (χ0n) is 10.1. The normalized spacial score (nSPS) is 9.65. The van der Waals surface area contributed by atoms with E-state index in [-0.39, 0.29) is 6.79 Å². The smallest absolute Gasteiger partial charge is 0.330 e. The van der Waals surface area contributed by atoms with Crippen LogP contribution in [0.25, 0.3) is 0 Å². The molecule has 0 saturated carbocycles. The zero-order valence-corrected chi connectivity index (χ0v) is 10.1. The maximum Gasteiger partial charge on any atom is 0.330 e. The molecular formula is C12H20O5. The summed E-state index contributed by atoms with van der Waals surface area (Å²) >= 11 is 0. The molecule has 0 unspecified atom stereocenters. The van der Waals surface area contributed by atoms with Gasteiger partial charge in [0, 0.05) is 25.7 Å². The van der Waals surface area contributed by atoms with Crippen LogP contribution in [0.3, 0.4) is 0 Å². The van der Waals surface area contributed by atoms with Gasteiger partial charge in [-0.15, -0.1) is 0 Å². The monoisotopic (exact) mass is 244 g/mol. The van der Waals surface area contributed by atoms with Crippen molar-refractivity contribution in [1.82, 2.24) is 0 Å². The van der Waals surface area contributed by atoms with Crippen molar-refractivity contribution in [2.45, 2.75) is 12.8 Å². The first-order valence-corrected chi connectivity index (χ1v) is 5.48. The second-order valence-corrected chi connectivity index (χ2v) is 3.05. The van der Waals surface area contributed by atoms with Gasteiger partial charge < -0.3 is 18.9 Å². The van der Waals surface area contributed by atoms with E-state index in [2.05, 4.69) is 13.2 Å². The van der Waals surface area contributed by atoms with Gasteiger partial charge in [0.1, 0.15) is 0 Å². The highest BCUT2D eigenvalue weighted by Crippen LogP contribution is 1.90. The molecule has 0 aromatic rings. The van der Waals surface area contributed by atoms with Crippen LogP contribution in [0.15, 0.2) is 25.5 Å². The SMILES string of the molecule is C=COCOCCCOCCCOC(=O)C=C. The Hall–Kier alpha value is -1.33. The summed E-state index contributed by atoms with van der Waals surface area (Å²) in [5, 5.41) is 0. The van der Waals surface area contributed by atoms with Gasteiger partial charge in [-0.2, -0.15) is 0 Å². The van der Waals surface area contributed by atoms with Crippen molar-refractivity contribution >= 4 is 5.97 Å². The van der Waals surface area contributed by atoms with Crippen LogP contribution in [0.4, 0.5) is 0 Å². The van der Waals surface area contributed by atoms with E-state index in [1.165, 1.54) is 6.26 Å².